The summed E-state index contributed by atoms with van der Waals surface area (Å²) in [6.07, 6.45) is 2.82. The van der Waals surface area contributed by atoms with Gasteiger partial charge in [0.15, 0.2) is 0 Å². The molecule has 0 bridgehead atoms. The summed E-state index contributed by atoms with van der Waals surface area (Å²) in [6.45, 7) is -0.194. The van der Waals surface area contributed by atoms with Crippen LogP contribution in [0.4, 0.5) is 0 Å². The van der Waals surface area contributed by atoms with E-state index in [1.165, 1.54) is 11.2 Å². The van der Waals surface area contributed by atoms with E-state index in [-0.39, 0.29) is 32.0 Å². The average molecular weight is 594 g/mol. The van der Waals surface area contributed by atoms with Crippen LogP contribution in [0.1, 0.15) is 22.5 Å². The molecule has 10 heteroatoms. The summed E-state index contributed by atoms with van der Waals surface area (Å²) in [5, 5.41) is 3.42. The molecule has 1 unspecified atom stereocenters. The van der Waals surface area contributed by atoms with Crippen molar-refractivity contribution in [2.45, 2.75) is 32.1 Å². The monoisotopic (exact) mass is 593 g/mol. The molecule has 1 atom stereocenters. The van der Waals surface area contributed by atoms with Crippen LogP contribution < -0.4 is 5.32 Å². The number of benzene rings is 3. The first-order valence-electron chi connectivity index (χ1n) is 13.1. The van der Waals surface area contributed by atoms with E-state index in [1.807, 2.05) is 48.5 Å². The minimum atomic E-state index is -3.76. The molecule has 214 valence electrons. The zero-order chi connectivity index (χ0) is 29.2. The van der Waals surface area contributed by atoms with Gasteiger partial charge in [-0.25, -0.2) is 8.42 Å². The second-order valence-corrected chi connectivity index (χ2v) is 12.1. The molecular weight excluding hydrogens is 562 g/mol. The highest BCUT2D eigenvalue weighted by Crippen LogP contribution is 2.19. The third-order valence-corrected chi connectivity index (χ3v) is 7.98. The second kappa shape index (κ2) is 14.1. The molecule has 0 fully saturated rings. The fourth-order valence-corrected chi connectivity index (χ4v) is 5.22. The summed E-state index contributed by atoms with van der Waals surface area (Å²) in [4.78, 5) is 29.2. The number of nitrogens with one attached hydrogen (secondary N) is 1. The quantitative estimate of drug-likeness (QED) is 0.243. The molecule has 0 saturated carbocycles. The highest BCUT2D eigenvalue weighted by Gasteiger charge is 2.33. The average Bonchev–Trinajstić information content (AvgIpc) is 3.49. The fourth-order valence-electron chi connectivity index (χ4n) is 4.36. The van der Waals surface area contributed by atoms with E-state index >= 15 is 0 Å². The predicted octanol–water partition coefficient (Wildman–Crippen LogP) is 4.65. The van der Waals surface area contributed by atoms with Gasteiger partial charge < -0.3 is 14.6 Å². The smallest absolute Gasteiger partial charge is 0.243 e. The van der Waals surface area contributed by atoms with Gasteiger partial charge in [-0.15, -0.1) is 0 Å². The van der Waals surface area contributed by atoms with Crippen LogP contribution >= 0.6 is 11.6 Å². The molecule has 1 aromatic heterocycles. The van der Waals surface area contributed by atoms with Crippen molar-refractivity contribution in [2.75, 3.05) is 12.8 Å². The Labute approximate surface area is 245 Å². The SMILES string of the molecule is CS(=O)(=O)N(CC(=O)N(Cc1ccc(Cl)cc1)C(Cc1ccccc1)C(=O)NCc1ccco1)Cc1ccccc1. The van der Waals surface area contributed by atoms with Gasteiger partial charge in [-0.05, 0) is 41.0 Å². The Morgan fingerprint density at radius 3 is 2.02 bits per heavy atom. The van der Waals surface area contributed by atoms with Crippen molar-refractivity contribution in [3.63, 3.8) is 0 Å². The minimum absolute atomic E-state index is 0.0221. The molecule has 2 amide bonds. The van der Waals surface area contributed by atoms with Crippen molar-refractivity contribution in [1.82, 2.24) is 14.5 Å². The summed E-state index contributed by atoms with van der Waals surface area (Å²) < 4.78 is 32.0. The van der Waals surface area contributed by atoms with Gasteiger partial charge in [0.05, 0.1) is 25.6 Å². The minimum Gasteiger partial charge on any atom is -0.467 e. The molecule has 0 radical (unpaired) electrons. The zero-order valence-electron chi connectivity index (χ0n) is 22.6. The van der Waals surface area contributed by atoms with E-state index in [4.69, 9.17) is 16.0 Å². The van der Waals surface area contributed by atoms with Crippen LogP contribution in [-0.2, 0) is 45.7 Å². The number of rotatable bonds is 13. The molecule has 8 nitrogen and oxygen atoms in total. The Morgan fingerprint density at radius 1 is 0.829 bits per heavy atom. The molecule has 41 heavy (non-hydrogen) atoms. The Bertz CT molecular complexity index is 1510. The van der Waals surface area contributed by atoms with Crippen molar-refractivity contribution in [1.29, 1.82) is 0 Å². The molecule has 3 aromatic carbocycles. The first-order chi connectivity index (χ1) is 19.7. The van der Waals surface area contributed by atoms with Gasteiger partial charge in [-0.1, -0.05) is 84.4 Å². The van der Waals surface area contributed by atoms with Crippen LogP contribution in [-0.4, -0.2) is 48.3 Å². The summed E-state index contributed by atoms with van der Waals surface area (Å²) in [7, 11) is -3.76. The third kappa shape index (κ3) is 9.04. The highest BCUT2D eigenvalue weighted by atomic mass is 35.5. The number of carbonyl (C=O) groups is 2. The Morgan fingerprint density at radius 2 is 1.44 bits per heavy atom. The summed E-state index contributed by atoms with van der Waals surface area (Å²) >= 11 is 6.09. The normalized spacial score (nSPS) is 12.2. The molecule has 0 saturated heterocycles. The van der Waals surface area contributed by atoms with E-state index in [0.29, 0.717) is 10.8 Å². The number of hydrogen-bond donors (Lipinski definition) is 1. The molecule has 0 aliphatic heterocycles. The lowest BCUT2D eigenvalue weighted by Gasteiger charge is -2.33. The summed E-state index contributed by atoms with van der Waals surface area (Å²) in [5.74, 6) is -0.324. The van der Waals surface area contributed by atoms with Crippen molar-refractivity contribution in [2.24, 2.45) is 0 Å². The number of carbonyl (C=O) groups excluding carboxylic acids is 2. The zero-order valence-corrected chi connectivity index (χ0v) is 24.2. The topological polar surface area (TPSA) is 99.9 Å². The lowest BCUT2D eigenvalue weighted by Crippen LogP contribution is -2.53. The second-order valence-electron chi connectivity index (χ2n) is 9.67. The van der Waals surface area contributed by atoms with Gasteiger partial charge in [-0.2, -0.15) is 4.31 Å². The Kier molecular flexibility index (Phi) is 10.3. The van der Waals surface area contributed by atoms with E-state index in [1.54, 1.807) is 48.5 Å². The number of hydrogen-bond acceptors (Lipinski definition) is 5. The molecule has 0 aliphatic rings. The van der Waals surface area contributed by atoms with Crippen LogP contribution in [0.2, 0.25) is 5.02 Å². The molecule has 0 aliphatic carbocycles. The van der Waals surface area contributed by atoms with Gasteiger partial charge in [0.2, 0.25) is 21.8 Å². The van der Waals surface area contributed by atoms with Crippen molar-refractivity contribution < 1.29 is 22.4 Å². The van der Waals surface area contributed by atoms with Gasteiger partial charge in [0, 0.05) is 24.5 Å². The maximum atomic E-state index is 14.0. The van der Waals surface area contributed by atoms with Crippen LogP contribution in [0.25, 0.3) is 0 Å². The highest BCUT2D eigenvalue weighted by molar-refractivity contribution is 7.88. The van der Waals surface area contributed by atoms with Gasteiger partial charge in [-0.3, -0.25) is 9.59 Å². The number of halogens is 1. The van der Waals surface area contributed by atoms with Gasteiger partial charge in [0.1, 0.15) is 11.8 Å². The van der Waals surface area contributed by atoms with Crippen molar-refractivity contribution >= 4 is 33.4 Å². The molecule has 0 spiro atoms. The standard InChI is InChI=1S/C31H32ClN3O5S/c1-41(38,39)34(21-25-11-6-3-7-12-25)23-30(36)35(22-26-14-16-27(32)17-15-26)29(19-24-9-4-2-5-10-24)31(37)33-20-28-13-8-18-40-28/h2-18,29H,19-23H2,1H3,(H,33,37). The lowest BCUT2D eigenvalue weighted by atomic mass is 10.0. The summed E-state index contributed by atoms with van der Waals surface area (Å²) in [6, 6.07) is 27.9. The third-order valence-electron chi connectivity index (χ3n) is 6.54. The van der Waals surface area contributed by atoms with Gasteiger partial charge >= 0.3 is 0 Å². The van der Waals surface area contributed by atoms with E-state index < -0.39 is 28.5 Å². The summed E-state index contributed by atoms with van der Waals surface area (Å²) in [5.41, 5.74) is 2.34. The Balaban J connectivity index is 1.67. The Hall–Kier alpha value is -3.92. The number of sulfonamides is 1. The molecular formula is C31H32ClN3O5S. The van der Waals surface area contributed by atoms with Crippen molar-refractivity contribution in [3.05, 3.63) is 131 Å². The van der Waals surface area contributed by atoms with E-state index in [2.05, 4.69) is 5.32 Å². The van der Waals surface area contributed by atoms with E-state index in [9.17, 15) is 18.0 Å². The first-order valence-corrected chi connectivity index (χ1v) is 15.3. The van der Waals surface area contributed by atoms with Crippen LogP contribution in [0, 0.1) is 0 Å². The number of amides is 2. The molecule has 4 aromatic rings. The molecule has 4 rings (SSSR count). The maximum absolute atomic E-state index is 14.0. The lowest BCUT2D eigenvalue weighted by molar-refractivity contribution is -0.141. The predicted molar refractivity (Wildman–Crippen MR) is 158 cm³/mol. The van der Waals surface area contributed by atoms with Crippen LogP contribution in [0.3, 0.4) is 0 Å². The number of furan rings is 1. The van der Waals surface area contributed by atoms with Crippen LogP contribution in [0.15, 0.2) is 108 Å². The van der Waals surface area contributed by atoms with E-state index in [0.717, 1.165) is 27.3 Å². The van der Waals surface area contributed by atoms with Gasteiger partial charge in [0.25, 0.3) is 0 Å². The van der Waals surface area contributed by atoms with Crippen LogP contribution in [0.5, 0.6) is 0 Å². The maximum Gasteiger partial charge on any atom is 0.243 e. The fraction of sp³-hybridized carbons (Fsp3) is 0.226. The van der Waals surface area contributed by atoms with Crippen molar-refractivity contribution in [3.8, 4) is 0 Å². The first kappa shape index (κ1) is 30.0. The molecule has 1 heterocycles. The molecule has 1 N–H and O–H groups in total. The number of nitrogens with zero attached hydrogens (tertiary/aromatic N) is 2. The largest absolute Gasteiger partial charge is 0.467 e.